The summed E-state index contributed by atoms with van der Waals surface area (Å²) in [4.78, 5) is 12.0. The fraction of sp³-hybridized carbons (Fsp3) is 0.222. The lowest BCUT2D eigenvalue weighted by atomic mass is 9.97. The Morgan fingerprint density at radius 2 is 1.73 bits per heavy atom. The van der Waals surface area contributed by atoms with E-state index in [2.05, 4.69) is 5.10 Å². The Labute approximate surface area is 151 Å². The number of esters is 1. The molecule has 0 bridgehead atoms. The molecule has 3 aromatic rings. The molecule has 26 heavy (non-hydrogen) atoms. The molecule has 0 spiro atoms. The van der Waals surface area contributed by atoms with Crippen LogP contribution in [0.1, 0.15) is 20.8 Å². The number of benzene rings is 2. The van der Waals surface area contributed by atoms with Crippen LogP contribution in [0.4, 0.5) is 5.82 Å². The van der Waals surface area contributed by atoms with E-state index in [1.807, 2.05) is 24.3 Å². The van der Waals surface area contributed by atoms with Gasteiger partial charge in [0.15, 0.2) is 0 Å². The van der Waals surface area contributed by atoms with E-state index in [0.717, 1.165) is 10.8 Å². The molecular formula is C18H19N3O4S. The number of ether oxygens (including phenoxy) is 1. The van der Waals surface area contributed by atoms with Gasteiger partial charge in [0.1, 0.15) is 5.82 Å². The van der Waals surface area contributed by atoms with Gasteiger partial charge in [-0.25, -0.2) is 0 Å². The highest BCUT2D eigenvalue weighted by Crippen LogP contribution is 2.25. The molecule has 0 aliphatic heterocycles. The van der Waals surface area contributed by atoms with Crippen molar-refractivity contribution in [2.75, 3.05) is 5.73 Å². The highest BCUT2D eigenvalue weighted by molar-refractivity contribution is 7.90. The largest absolute Gasteiger partial charge is 0.405 e. The van der Waals surface area contributed by atoms with Crippen LogP contribution in [-0.4, -0.2) is 23.6 Å². The van der Waals surface area contributed by atoms with Gasteiger partial charge >= 0.3 is 5.97 Å². The zero-order valence-electron chi connectivity index (χ0n) is 14.6. The fourth-order valence-corrected chi connectivity index (χ4v) is 3.51. The molecule has 1 aromatic heterocycles. The number of nitrogens with two attached hydrogens (primary N) is 1. The first-order chi connectivity index (χ1) is 12.1. The van der Waals surface area contributed by atoms with E-state index < -0.39 is 21.4 Å². The van der Waals surface area contributed by atoms with Crippen LogP contribution >= 0.6 is 0 Å². The number of rotatable bonds is 3. The molecule has 0 saturated heterocycles. The first kappa shape index (κ1) is 17.9. The lowest BCUT2D eigenvalue weighted by molar-refractivity contribution is -0.143. The van der Waals surface area contributed by atoms with Gasteiger partial charge in [0.05, 0.1) is 10.3 Å². The van der Waals surface area contributed by atoms with Gasteiger partial charge in [0.25, 0.3) is 10.0 Å². The third-order valence-electron chi connectivity index (χ3n) is 3.74. The van der Waals surface area contributed by atoms with Crippen LogP contribution in [0, 0.1) is 5.41 Å². The van der Waals surface area contributed by atoms with E-state index in [9.17, 15) is 13.2 Å². The molecule has 0 radical (unpaired) electrons. The SMILES string of the molecule is CC(C)(C)C(=O)Oc1cc(N)n(S(=O)(=O)c2ccc3ccccc3c2)n1. The Hall–Kier alpha value is -2.87. The average Bonchev–Trinajstić information content (AvgIpc) is 2.94. The van der Waals surface area contributed by atoms with Gasteiger partial charge < -0.3 is 10.5 Å². The minimum Gasteiger partial charge on any atom is -0.405 e. The van der Waals surface area contributed by atoms with Crippen LogP contribution in [0.25, 0.3) is 10.8 Å². The number of aromatic nitrogens is 2. The molecule has 0 aliphatic carbocycles. The number of anilines is 1. The first-order valence-corrected chi connectivity index (χ1v) is 9.35. The van der Waals surface area contributed by atoms with E-state index >= 15 is 0 Å². The first-order valence-electron chi connectivity index (χ1n) is 7.91. The molecule has 0 atom stereocenters. The summed E-state index contributed by atoms with van der Waals surface area (Å²) in [5.41, 5.74) is 5.04. The monoisotopic (exact) mass is 373 g/mol. The molecule has 0 fully saturated rings. The summed E-state index contributed by atoms with van der Waals surface area (Å²) in [5, 5.41) is 5.54. The number of hydrogen-bond donors (Lipinski definition) is 1. The molecule has 1 heterocycles. The maximum Gasteiger partial charge on any atom is 0.317 e. The molecule has 3 rings (SSSR count). The van der Waals surface area contributed by atoms with E-state index in [1.54, 1.807) is 32.9 Å². The normalized spacial score (nSPS) is 12.3. The van der Waals surface area contributed by atoms with Crippen LogP contribution < -0.4 is 10.5 Å². The summed E-state index contributed by atoms with van der Waals surface area (Å²) >= 11 is 0. The number of nitrogens with zero attached hydrogens (tertiary/aromatic N) is 2. The van der Waals surface area contributed by atoms with Gasteiger partial charge in [0, 0.05) is 6.07 Å². The van der Waals surface area contributed by atoms with Crippen molar-refractivity contribution in [1.29, 1.82) is 0 Å². The Balaban J connectivity index is 2.00. The second-order valence-electron chi connectivity index (χ2n) is 6.90. The summed E-state index contributed by atoms with van der Waals surface area (Å²) in [5.74, 6) is -0.841. The standard InChI is InChI=1S/C18H19N3O4S/c1-18(2,3)17(22)25-16-11-15(19)21(20-16)26(23,24)14-9-8-12-6-4-5-7-13(12)10-14/h4-11H,19H2,1-3H3. The average molecular weight is 373 g/mol. The summed E-state index contributed by atoms with van der Waals surface area (Å²) in [7, 11) is -4.02. The van der Waals surface area contributed by atoms with Crippen molar-refractivity contribution in [2.24, 2.45) is 5.41 Å². The summed E-state index contributed by atoms with van der Waals surface area (Å²) in [6, 6.07) is 13.4. The van der Waals surface area contributed by atoms with Gasteiger partial charge in [-0.3, -0.25) is 4.79 Å². The van der Waals surface area contributed by atoms with Crippen LogP contribution in [0.15, 0.2) is 53.4 Å². The third-order valence-corrected chi connectivity index (χ3v) is 5.34. The summed E-state index contributed by atoms with van der Waals surface area (Å²) in [6.45, 7) is 5.05. The molecule has 2 N–H and O–H groups in total. The third kappa shape index (κ3) is 3.28. The highest BCUT2D eigenvalue weighted by atomic mass is 32.2. The lowest BCUT2D eigenvalue weighted by Gasteiger charge is -2.14. The molecule has 0 saturated carbocycles. The molecule has 0 unspecified atom stereocenters. The molecule has 7 nitrogen and oxygen atoms in total. The van der Waals surface area contributed by atoms with Crippen molar-refractivity contribution in [3.63, 3.8) is 0 Å². The van der Waals surface area contributed by atoms with Crippen LogP contribution in [0.2, 0.25) is 0 Å². The second kappa shape index (κ2) is 6.14. The number of fused-ring (bicyclic) bond motifs is 1. The van der Waals surface area contributed by atoms with Crippen molar-refractivity contribution in [2.45, 2.75) is 25.7 Å². The molecule has 8 heteroatoms. The summed E-state index contributed by atoms with van der Waals surface area (Å²) in [6.07, 6.45) is 0. The Morgan fingerprint density at radius 3 is 2.38 bits per heavy atom. The Bertz CT molecular complexity index is 1100. The van der Waals surface area contributed by atoms with Gasteiger partial charge in [-0.2, -0.15) is 8.42 Å². The molecular weight excluding hydrogens is 354 g/mol. The zero-order chi connectivity index (χ0) is 19.1. The van der Waals surface area contributed by atoms with E-state index in [1.165, 1.54) is 12.1 Å². The van der Waals surface area contributed by atoms with Crippen molar-refractivity contribution in [1.82, 2.24) is 9.19 Å². The molecule has 136 valence electrons. The predicted molar refractivity (Wildman–Crippen MR) is 98.3 cm³/mol. The lowest BCUT2D eigenvalue weighted by Crippen LogP contribution is -2.26. The van der Waals surface area contributed by atoms with Gasteiger partial charge in [-0.1, -0.05) is 30.3 Å². The van der Waals surface area contributed by atoms with Crippen LogP contribution in [0.3, 0.4) is 0 Å². The topological polar surface area (TPSA) is 104 Å². The van der Waals surface area contributed by atoms with Gasteiger partial charge in [0.2, 0.25) is 5.88 Å². The van der Waals surface area contributed by atoms with Crippen molar-refractivity contribution < 1.29 is 17.9 Å². The number of hydrogen-bond acceptors (Lipinski definition) is 6. The Kier molecular flexibility index (Phi) is 4.23. The molecule has 0 aliphatic rings. The minimum absolute atomic E-state index is 0.0414. The maximum absolute atomic E-state index is 12.9. The van der Waals surface area contributed by atoms with E-state index in [-0.39, 0.29) is 16.6 Å². The fourth-order valence-electron chi connectivity index (χ4n) is 2.28. The van der Waals surface area contributed by atoms with Crippen molar-refractivity contribution in [3.8, 4) is 5.88 Å². The highest BCUT2D eigenvalue weighted by Gasteiger charge is 2.27. The summed E-state index contributed by atoms with van der Waals surface area (Å²) < 4.78 is 31.5. The van der Waals surface area contributed by atoms with Gasteiger partial charge in [-0.05, 0) is 43.7 Å². The quantitative estimate of drug-likeness (QED) is 0.708. The van der Waals surface area contributed by atoms with Crippen LogP contribution in [0.5, 0.6) is 5.88 Å². The number of carbonyl (C=O) groups excluding carboxylic acids is 1. The predicted octanol–water partition coefficient (Wildman–Crippen LogP) is 2.81. The van der Waals surface area contributed by atoms with Crippen molar-refractivity contribution >= 4 is 32.6 Å². The second-order valence-corrected chi connectivity index (χ2v) is 8.67. The van der Waals surface area contributed by atoms with Crippen LogP contribution in [-0.2, 0) is 14.8 Å². The number of carbonyl (C=O) groups is 1. The number of nitrogen functional groups attached to an aromatic ring is 1. The van der Waals surface area contributed by atoms with E-state index in [4.69, 9.17) is 10.5 Å². The maximum atomic E-state index is 12.9. The van der Waals surface area contributed by atoms with E-state index in [0.29, 0.717) is 4.09 Å². The van der Waals surface area contributed by atoms with Crippen molar-refractivity contribution in [3.05, 3.63) is 48.5 Å². The zero-order valence-corrected chi connectivity index (χ0v) is 15.4. The minimum atomic E-state index is -4.02. The molecule has 0 amide bonds. The smallest absolute Gasteiger partial charge is 0.317 e. The Morgan fingerprint density at radius 1 is 1.08 bits per heavy atom. The molecule has 2 aromatic carbocycles. The van der Waals surface area contributed by atoms with Gasteiger partial charge in [-0.15, -0.1) is 9.19 Å².